The number of nitrogens with zero attached hydrogens (tertiary/aromatic N) is 2. The number of aromatic nitrogens is 1. The van der Waals surface area contributed by atoms with Crippen molar-refractivity contribution in [3.8, 4) is 0 Å². The van der Waals surface area contributed by atoms with E-state index in [1.807, 2.05) is 19.2 Å². The molecule has 7 heteroatoms. The molecule has 5 nitrogen and oxygen atoms in total. The van der Waals surface area contributed by atoms with Gasteiger partial charge in [-0.05, 0) is 19.9 Å². The highest BCUT2D eigenvalue weighted by Gasteiger charge is 2.24. The summed E-state index contributed by atoms with van der Waals surface area (Å²) < 4.78 is 13.3. The van der Waals surface area contributed by atoms with Crippen LogP contribution < -0.4 is 5.32 Å². The van der Waals surface area contributed by atoms with Gasteiger partial charge in [0.1, 0.15) is 10.8 Å². The average molecular weight is 281 g/mol. The van der Waals surface area contributed by atoms with E-state index in [9.17, 15) is 14.5 Å². The molecule has 0 aliphatic heterocycles. The Bertz CT molecular complexity index is 599. The van der Waals surface area contributed by atoms with Crippen molar-refractivity contribution in [2.75, 3.05) is 5.32 Å². The van der Waals surface area contributed by atoms with Gasteiger partial charge in [0.05, 0.1) is 16.5 Å². The van der Waals surface area contributed by atoms with Crippen molar-refractivity contribution in [3.05, 3.63) is 50.7 Å². The third-order valence-corrected chi connectivity index (χ3v) is 3.61. The first-order valence-electron chi connectivity index (χ1n) is 5.51. The lowest BCUT2D eigenvalue weighted by Crippen LogP contribution is -2.27. The van der Waals surface area contributed by atoms with Crippen molar-refractivity contribution in [3.63, 3.8) is 0 Å². The summed E-state index contributed by atoms with van der Waals surface area (Å²) in [5.74, 6) is -0.647. The van der Waals surface area contributed by atoms with Crippen molar-refractivity contribution in [2.24, 2.45) is 0 Å². The summed E-state index contributed by atoms with van der Waals surface area (Å²) in [6.45, 7) is 3.76. The van der Waals surface area contributed by atoms with Gasteiger partial charge in [0.15, 0.2) is 0 Å². The second kappa shape index (κ2) is 4.93. The Morgan fingerprint density at radius 3 is 2.74 bits per heavy atom. The highest BCUT2D eigenvalue weighted by molar-refractivity contribution is 7.09. The van der Waals surface area contributed by atoms with Gasteiger partial charge >= 0.3 is 0 Å². The number of nitro benzene ring substituents is 1. The van der Waals surface area contributed by atoms with Gasteiger partial charge in [-0.25, -0.2) is 9.37 Å². The Balaban J connectivity index is 2.31. The van der Waals surface area contributed by atoms with E-state index in [1.165, 1.54) is 23.5 Å². The number of hydrogen-bond donors (Lipinski definition) is 1. The molecule has 1 aromatic carbocycles. The van der Waals surface area contributed by atoms with E-state index in [-0.39, 0.29) is 5.69 Å². The van der Waals surface area contributed by atoms with Crippen LogP contribution in [0.1, 0.15) is 18.9 Å². The Morgan fingerprint density at radius 1 is 1.42 bits per heavy atom. The van der Waals surface area contributed by atoms with Gasteiger partial charge in [-0.15, -0.1) is 11.3 Å². The van der Waals surface area contributed by atoms with E-state index in [4.69, 9.17) is 0 Å². The zero-order valence-electron chi connectivity index (χ0n) is 10.4. The lowest BCUT2D eigenvalue weighted by Gasteiger charge is -2.25. The predicted octanol–water partition coefficient (Wildman–Crippen LogP) is 3.54. The molecule has 1 heterocycles. The van der Waals surface area contributed by atoms with Gasteiger partial charge in [-0.2, -0.15) is 0 Å². The molecule has 0 radical (unpaired) electrons. The van der Waals surface area contributed by atoms with E-state index in [1.54, 1.807) is 6.20 Å². The number of nitrogens with one attached hydrogen (secondary N) is 1. The van der Waals surface area contributed by atoms with Crippen LogP contribution in [0.4, 0.5) is 15.8 Å². The van der Waals surface area contributed by atoms with E-state index in [2.05, 4.69) is 10.3 Å². The molecule has 0 unspecified atom stereocenters. The van der Waals surface area contributed by atoms with Crippen LogP contribution in [0.15, 0.2) is 29.8 Å². The van der Waals surface area contributed by atoms with Crippen LogP contribution in [-0.2, 0) is 5.54 Å². The van der Waals surface area contributed by atoms with E-state index >= 15 is 0 Å². The minimum absolute atomic E-state index is 0.280. The fourth-order valence-corrected chi connectivity index (χ4v) is 2.42. The molecular weight excluding hydrogens is 269 g/mol. The Kier molecular flexibility index (Phi) is 3.48. The van der Waals surface area contributed by atoms with Crippen LogP contribution in [0.5, 0.6) is 0 Å². The molecule has 0 saturated heterocycles. The van der Waals surface area contributed by atoms with Gasteiger partial charge < -0.3 is 5.32 Å². The fourth-order valence-electron chi connectivity index (χ4n) is 1.70. The third kappa shape index (κ3) is 3.05. The first-order chi connectivity index (χ1) is 8.88. The molecule has 2 aromatic rings. The fraction of sp³-hybridized carbons (Fsp3) is 0.250. The van der Waals surface area contributed by atoms with Gasteiger partial charge in [0, 0.05) is 23.3 Å². The summed E-state index contributed by atoms with van der Waals surface area (Å²) in [5.41, 5.74) is -0.458. The molecule has 0 aliphatic rings. The number of hydrogen-bond acceptors (Lipinski definition) is 5. The van der Waals surface area contributed by atoms with Gasteiger partial charge in [-0.1, -0.05) is 0 Å². The zero-order chi connectivity index (χ0) is 14.0. The second-order valence-electron chi connectivity index (χ2n) is 4.54. The van der Waals surface area contributed by atoms with Crippen molar-refractivity contribution < 1.29 is 9.31 Å². The first kappa shape index (κ1) is 13.4. The van der Waals surface area contributed by atoms with E-state index < -0.39 is 16.3 Å². The maximum Gasteiger partial charge on any atom is 0.274 e. The lowest BCUT2D eigenvalue weighted by molar-refractivity contribution is -0.385. The Labute approximate surface area is 113 Å². The molecule has 0 amide bonds. The first-order valence-corrected chi connectivity index (χ1v) is 6.39. The normalized spacial score (nSPS) is 11.3. The molecular formula is C12H12FN3O2S. The maximum absolute atomic E-state index is 13.3. The number of benzene rings is 1. The Hall–Kier alpha value is -2.02. The summed E-state index contributed by atoms with van der Waals surface area (Å²) in [6, 6.07) is 3.42. The molecule has 100 valence electrons. The van der Waals surface area contributed by atoms with Gasteiger partial charge in [0.25, 0.3) is 5.69 Å². The number of nitro groups is 1. The summed E-state index contributed by atoms with van der Waals surface area (Å²) in [5, 5.41) is 16.4. The molecule has 0 aliphatic carbocycles. The highest BCUT2D eigenvalue weighted by Crippen LogP contribution is 2.29. The largest absolute Gasteiger partial charge is 0.373 e. The van der Waals surface area contributed by atoms with Crippen LogP contribution in [0.3, 0.4) is 0 Å². The molecule has 19 heavy (non-hydrogen) atoms. The molecule has 1 N–H and O–H groups in total. The maximum atomic E-state index is 13.3. The summed E-state index contributed by atoms with van der Waals surface area (Å²) in [6.07, 6.45) is 1.68. The summed E-state index contributed by atoms with van der Waals surface area (Å²) in [7, 11) is 0. The quantitative estimate of drug-likeness (QED) is 0.687. The van der Waals surface area contributed by atoms with Crippen LogP contribution in [-0.4, -0.2) is 9.91 Å². The summed E-state index contributed by atoms with van der Waals surface area (Å²) >= 11 is 1.46. The summed E-state index contributed by atoms with van der Waals surface area (Å²) in [4.78, 5) is 14.3. The zero-order valence-corrected chi connectivity index (χ0v) is 11.2. The minimum Gasteiger partial charge on any atom is -0.373 e. The van der Waals surface area contributed by atoms with Crippen molar-refractivity contribution in [1.82, 2.24) is 4.98 Å². The van der Waals surface area contributed by atoms with Crippen LogP contribution >= 0.6 is 11.3 Å². The van der Waals surface area contributed by atoms with Crippen molar-refractivity contribution in [2.45, 2.75) is 19.4 Å². The van der Waals surface area contributed by atoms with E-state index in [0.29, 0.717) is 5.69 Å². The molecule has 0 fully saturated rings. The topological polar surface area (TPSA) is 68.1 Å². The monoisotopic (exact) mass is 281 g/mol. The van der Waals surface area contributed by atoms with Gasteiger partial charge in [0.2, 0.25) is 0 Å². The average Bonchev–Trinajstić information content (AvgIpc) is 2.81. The smallest absolute Gasteiger partial charge is 0.274 e. The number of anilines is 1. The van der Waals surface area contributed by atoms with Crippen LogP contribution in [0.25, 0.3) is 0 Å². The van der Waals surface area contributed by atoms with Crippen molar-refractivity contribution in [1.29, 1.82) is 0 Å². The molecule has 0 atom stereocenters. The van der Waals surface area contributed by atoms with Crippen LogP contribution in [0, 0.1) is 15.9 Å². The van der Waals surface area contributed by atoms with E-state index in [0.717, 1.165) is 11.1 Å². The number of rotatable bonds is 4. The molecule has 0 saturated carbocycles. The SMILES string of the molecule is CC(C)(Nc1cc(F)cc([N+](=O)[O-])c1)c1nccs1. The number of halogens is 1. The minimum atomic E-state index is -0.647. The van der Waals surface area contributed by atoms with Crippen LogP contribution in [0.2, 0.25) is 0 Å². The third-order valence-electron chi connectivity index (χ3n) is 2.52. The molecule has 1 aromatic heterocycles. The van der Waals surface area contributed by atoms with Gasteiger partial charge in [-0.3, -0.25) is 10.1 Å². The second-order valence-corrected chi connectivity index (χ2v) is 5.44. The number of non-ortho nitro benzene ring substituents is 1. The Morgan fingerprint density at radius 2 is 2.16 bits per heavy atom. The molecule has 0 spiro atoms. The molecule has 0 bridgehead atoms. The highest BCUT2D eigenvalue weighted by atomic mass is 32.1. The number of thiazole rings is 1. The lowest BCUT2D eigenvalue weighted by atomic mass is 10.1. The standard InChI is InChI=1S/C12H12FN3O2S/c1-12(2,11-14-3-4-19-11)15-9-5-8(13)6-10(7-9)16(17)18/h3-7,15H,1-2H3. The predicted molar refractivity (Wildman–Crippen MR) is 71.8 cm³/mol. The van der Waals surface area contributed by atoms with Crippen molar-refractivity contribution >= 4 is 22.7 Å². The molecule has 2 rings (SSSR count).